The van der Waals surface area contributed by atoms with Crippen molar-refractivity contribution >= 4 is 24.2 Å². The van der Waals surface area contributed by atoms with Crippen molar-refractivity contribution in [2.45, 2.75) is 32.7 Å². The minimum atomic E-state index is -0.439. The van der Waals surface area contributed by atoms with Crippen LogP contribution in [0.3, 0.4) is 0 Å². The van der Waals surface area contributed by atoms with Gasteiger partial charge in [0.1, 0.15) is 0 Å². The molecular weight excluding hydrogens is 326 g/mol. The van der Waals surface area contributed by atoms with Crippen LogP contribution in [0.25, 0.3) is 0 Å². The van der Waals surface area contributed by atoms with E-state index in [2.05, 4.69) is 13.8 Å². The first kappa shape index (κ1) is 20.5. The SMILES string of the molecule is CC(C)C[C@H](N)C(=O)N1CCCN(C(=O)c2ccccc2)CC1.Cl. The molecule has 2 amide bonds. The molecule has 6 heteroatoms. The Morgan fingerprint density at radius 1 is 1.04 bits per heavy atom. The van der Waals surface area contributed by atoms with Crippen LogP contribution in [-0.2, 0) is 4.79 Å². The molecule has 1 saturated heterocycles. The minimum Gasteiger partial charge on any atom is -0.340 e. The molecule has 1 aliphatic rings. The Balaban J connectivity index is 0.00000288. The molecule has 24 heavy (non-hydrogen) atoms. The lowest BCUT2D eigenvalue weighted by Crippen LogP contribution is -2.46. The van der Waals surface area contributed by atoms with Gasteiger partial charge in [-0.3, -0.25) is 9.59 Å². The second-order valence-corrected chi connectivity index (χ2v) is 6.57. The van der Waals surface area contributed by atoms with Gasteiger partial charge in [0.05, 0.1) is 6.04 Å². The van der Waals surface area contributed by atoms with E-state index < -0.39 is 6.04 Å². The van der Waals surface area contributed by atoms with Gasteiger partial charge < -0.3 is 15.5 Å². The molecule has 1 aromatic carbocycles. The summed E-state index contributed by atoms with van der Waals surface area (Å²) in [5.74, 6) is 0.441. The van der Waals surface area contributed by atoms with Crippen LogP contribution in [-0.4, -0.2) is 53.8 Å². The number of nitrogens with two attached hydrogens (primary N) is 1. The largest absolute Gasteiger partial charge is 0.340 e. The minimum absolute atomic E-state index is 0. The smallest absolute Gasteiger partial charge is 0.253 e. The maximum atomic E-state index is 12.5. The number of nitrogens with zero attached hydrogens (tertiary/aromatic N) is 2. The molecule has 0 saturated carbocycles. The molecule has 1 atom stereocenters. The fourth-order valence-corrected chi connectivity index (χ4v) is 2.95. The Kier molecular flexibility index (Phi) is 8.22. The number of amides is 2. The molecule has 1 heterocycles. The lowest BCUT2D eigenvalue weighted by molar-refractivity contribution is -0.132. The van der Waals surface area contributed by atoms with E-state index in [1.807, 2.05) is 40.1 Å². The summed E-state index contributed by atoms with van der Waals surface area (Å²) in [5, 5.41) is 0. The van der Waals surface area contributed by atoms with Crippen molar-refractivity contribution in [3.8, 4) is 0 Å². The van der Waals surface area contributed by atoms with Crippen LogP contribution < -0.4 is 5.73 Å². The third-order valence-electron chi connectivity index (χ3n) is 4.16. The number of carbonyl (C=O) groups is 2. The van der Waals surface area contributed by atoms with Gasteiger partial charge in [-0.05, 0) is 30.9 Å². The number of benzene rings is 1. The zero-order chi connectivity index (χ0) is 16.8. The molecule has 0 aliphatic carbocycles. The highest BCUT2D eigenvalue weighted by Crippen LogP contribution is 2.12. The summed E-state index contributed by atoms with van der Waals surface area (Å²) in [5.41, 5.74) is 6.71. The van der Waals surface area contributed by atoms with Crippen LogP contribution in [0.15, 0.2) is 30.3 Å². The molecular formula is C18H28ClN3O2. The van der Waals surface area contributed by atoms with Crippen molar-refractivity contribution in [3.63, 3.8) is 0 Å². The Bertz CT molecular complexity index is 536. The number of hydrogen-bond donors (Lipinski definition) is 1. The molecule has 134 valence electrons. The average molecular weight is 354 g/mol. The molecule has 0 aromatic heterocycles. The van der Waals surface area contributed by atoms with Gasteiger partial charge in [0.2, 0.25) is 5.91 Å². The Hall–Kier alpha value is -1.59. The third-order valence-corrected chi connectivity index (χ3v) is 4.16. The molecule has 2 N–H and O–H groups in total. The van der Waals surface area contributed by atoms with Crippen molar-refractivity contribution in [2.75, 3.05) is 26.2 Å². The topological polar surface area (TPSA) is 66.6 Å². The van der Waals surface area contributed by atoms with E-state index in [-0.39, 0.29) is 24.2 Å². The van der Waals surface area contributed by atoms with Gasteiger partial charge in [0, 0.05) is 31.7 Å². The Morgan fingerprint density at radius 2 is 1.62 bits per heavy atom. The van der Waals surface area contributed by atoms with E-state index in [0.717, 1.165) is 6.42 Å². The van der Waals surface area contributed by atoms with Gasteiger partial charge in [-0.2, -0.15) is 0 Å². The maximum Gasteiger partial charge on any atom is 0.253 e. The number of rotatable bonds is 4. The summed E-state index contributed by atoms with van der Waals surface area (Å²) in [7, 11) is 0. The summed E-state index contributed by atoms with van der Waals surface area (Å²) in [4.78, 5) is 28.6. The van der Waals surface area contributed by atoms with Gasteiger partial charge in [0.25, 0.3) is 5.91 Å². The lowest BCUT2D eigenvalue weighted by atomic mass is 10.0. The molecule has 1 fully saturated rings. The summed E-state index contributed by atoms with van der Waals surface area (Å²) < 4.78 is 0. The molecule has 0 unspecified atom stereocenters. The highest BCUT2D eigenvalue weighted by Gasteiger charge is 2.26. The summed E-state index contributed by atoms with van der Waals surface area (Å²) in [6.45, 7) is 6.60. The predicted octanol–water partition coefficient (Wildman–Crippen LogP) is 2.16. The van der Waals surface area contributed by atoms with E-state index >= 15 is 0 Å². The Labute approximate surface area is 150 Å². The Morgan fingerprint density at radius 3 is 2.25 bits per heavy atom. The van der Waals surface area contributed by atoms with Crippen molar-refractivity contribution < 1.29 is 9.59 Å². The van der Waals surface area contributed by atoms with Crippen LogP contribution in [0.4, 0.5) is 0 Å². The monoisotopic (exact) mass is 353 g/mol. The van der Waals surface area contributed by atoms with Gasteiger partial charge in [-0.15, -0.1) is 12.4 Å². The number of halogens is 1. The van der Waals surface area contributed by atoms with Crippen LogP contribution in [0, 0.1) is 5.92 Å². The lowest BCUT2D eigenvalue weighted by Gasteiger charge is -2.25. The second kappa shape index (κ2) is 9.64. The van der Waals surface area contributed by atoms with Crippen LogP contribution in [0.2, 0.25) is 0 Å². The average Bonchev–Trinajstić information content (AvgIpc) is 2.79. The van der Waals surface area contributed by atoms with Crippen molar-refractivity contribution in [1.29, 1.82) is 0 Å². The van der Waals surface area contributed by atoms with E-state index in [0.29, 0.717) is 44.1 Å². The molecule has 1 aliphatic heterocycles. The van der Waals surface area contributed by atoms with E-state index in [9.17, 15) is 9.59 Å². The normalized spacial score (nSPS) is 16.3. The summed E-state index contributed by atoms with van der Waals surface area (Å²) in [6.07, 6.45) is 1.49. The molecule has 5 nitrogen and oxygen atoms in total. The maximum absolute atomic E-state index is 12.5. The van der Waals surface area contributed by atoms with Gasteiger partial charge in [0.15, 0.2) is 0 Å². The van der Waals surface area contributed by atoms with Crippen molar-refractivity contribution in [1.82, 2.24) is 9.80 Å². The first-order valence-electron chi connectivity index (χ1n) is 8.37. The first-order chi connectivity index (χ1) is 11.0. The standard InChI is InChI=1S/C18H27N3O2.ClH/c1-14(2)13-16(19)18(23)21-10-6-9-20(11-12-21)17(22)15-7-4-3-5-8-15;/h3-5,7-8,14,16H,6,9-13,19H2,1-2H3;1H/t16-;/m0./s1. The van der Waals surface area contributed by atoms with Crippen LogP contribution >= 0.6 is 12.4 Å². The molecule has 0 radical (unpaired) electrons. The second-order valence-electron chi connectivity index (χ2n) is 6.57. The highest BCUT2D eigenvalue weighted by atomic mass is 35.5. The first-order valence-corrected chi connectivity index (χ1v) is 8.37. The van der Waals surface area contributed by atoms with E-state index in [1.165, 1.54) is 0 Å². The molecule has 0 bridgehead atoms. The zero-order valence-electron chi connectivity index (χ0n) is 14.5. The van der Waals surface area contributed by atoms with Crippen molar-refractivity contribution in [3.05, 3.63) is 35.9 Å². The fraction of sp³-hybridized carbons (Fsp3) is 0.556. The summed E-state index contributed by atoms with van der Waals surface area (Å²) in [6, 6.07) is 8.85. The van der Waals surface area contributed by atoms with Gasteiger partial charge >= 0.3 is 0 Å². The third kappa shape index (κ3) is 5.49. The van der Waals surface area contributed by atoms with Crippen LogP contribution in [0.1, 0.15) is 37.0 Å². The summed E-state index contributed by atoms with van der Waals surface area (Å²) >= 11 is 0. The molecule has 2 rings (SSSR count). The molecule has 1 aromatic rings. The predicted molar refractivity (Wildman–Crippen MR) is 98.2 cm³/mol. The number of hydrogen-bond acceptors (Lipinski definition) is 3. The van der Waals surface area contributed by atoms with E-state index in [1.54, 1.807) is 0 Å². The zero-order valence-corrected chi connectivity index (χ0v) is 15.3. The quantitative estimate of drug-likeness (QED) is 0.902. The van der Waals surface area contributed by atoms with Gasteiger partial charge in [-0.1, -0.05) is 32.0 Å². The van der Waals surface area contributed by atoms with Crippen molar-refractivity contribution in [2.24, 2.45) is 11.7 Å². The molecule has 0 spiro atoms. The van der Waals surface area contributed by atoms with Gasteiger partial charge in [-0.25, -0.2) is 0 Å². The van der Waals surface area contributed by atoms with Crippen LogP contribution in [0.5, 0.6) is 0 Å². The van der Waals surface area contributed by atoms with E-state index in [4.69, 9.17) is 5.73 Å². The number of carbonyl (C=O) groups excluding carboxylic acids is 2. The fourth-order valence-electron chi connectivity index (χ4n) is 2.95. The highest BCUT2D eigenvalue weighted by molar-refractivity contribution is 5.94.